The number of carboxylic acid groups (broad SMARTS) is 1. The van der Waals surface area contributed by atoms with Crippen molar-refractivity contribution in [1.82, 2.24) is 16.0 Å². The smallest absolute Gasteiger partial charge is 0.327 e. The third-order valence-electron chi connectivity index (χ3n) is 3.12. The van der Waals surface area contributed by atoms with Crippen LogP contribution in [0.15, 0.2) is 0 Å². The largest absolute Gasteiger partial charge is 0.480 e. The van der Waals surface area contributed by atoms with E-state index in [2.05, 4.69) is 28.6 Å². The molecule has 4 unspecified atom stereocenters. The first-order chi connectivity index (χ1) is 12.0. The summed E-state index contributed by atoms with van der Waals surface area (Å²) in [5.74, 6) is -4.91. The normalized spacial score (nSPS) is 15.1. The van der Waals surface area contributed by atoms with Crippen molar-refractivity contribution in [2.45, 2.75) is 37.5 Å². The molecule has 0 aromatic rings. The maximum atomic E-state index is 12.0. The molecule has 13 heteroatoms. The Bertz CT molecular complexity index is 559. The van der Waals surface area contributed by atoms with Gasteiger partial charge in [0.1, 0.15) is 18.1 Å². The highest BCUT2D eigenvalue weighted by atomic mass is 32.1. The van der Waals surface area contributed by atoms with Gasteiger partial charge in [0.05, 0.1) is 19.1 Å². The van der Waals surface area contributed by atoms with Gasteiger partial charge in [-0.3, -0.25) is 19.2 Å². The molecular weight excluding hydrogens is 370 g/mol. The number of primary amides is 1. The first kappa shape index (κ1) is 23.6. The molecule has 0 fully saturated rings. The van der Waals surface area contributed by atoms with Crippen LogP contribution in [0.4, 0.5) is 0 Å². The number of aliphatic hydroxyl groups is 1. The number of aliphatic hydroxyl groups excluding tert-OH is 1. The predicted molar refractivity (Wildman–Crippen MR) is 91.8 cm³/mol. The Hall–Kier alpha value is -2.38. The van der Waals surface area contributed by atoms with Gasteiger partial charge in [0, 0.05) is 5.75 Å². The monoisotopic (exact) mass is 393 g/mol. The third-order valence-corrected chi connectivity index (χ3v) is 3.49. The summed E-state index contributed by atoms with van der Waals surface area (Å²) in [5.41, 5.74) is 10.3. The van der Waals surface area contributed by atoms with Crippen LogP contribution in [-0.2, 0) is 24.0 Å². The lowest BCUT2D eigenvalue weighted by molar-refractivity contribution is -0.141. The Labute approximate surface area is 154 Å². The van der Waals surface area contributed by atoms with Crippen molar-refractivity contribution in [1.29, 1.82) is 0 Å². The number of aliphatic carboxylic acids is 1. The second kappa shape index (κ2) is 11.3. The first-order valence-electron chi connectivity index (χ1n) is 7.43. The topological polar surface area (TPSA) is 214 Å². The van der Waals surface area contributed by atoms with Gasteiger partial charge in [-0.2, -0.15) is 12.6 Å². The van der Waals surface area contributed by atoms with E-state index in [1.54, 1.807) is 0 Å². The third kappa shape index (κ3) is 8.13. The van der Waals surface area contributed by atoms with Crippen molar-refractivity contribution in [3.63, 3.8) is 0 Å². The second-order valence-corrected chi connectivity index (χ2v) is 5.70. The summed E-state index contributed by atoms with van der Waals surface area (Å²) in [4.78, 5) is 57.2. The van der Waals surface area contributed by atoms with Gasteiger partial charge in [-0.15, -0.1) is 0 Å². The number of rotatable bonds is 11. The number of carbonyl (C=O) groups excluding carboxylic acids is 4. The number of thiol groups is 1. The molecule has 4 atom stereocenters. The molecule has 0 saturated carbocycles. The molecular formula is C13H23N5O7S. The zero-order chi connectivity index (χ0) is 20.4. The Morgan fingerprint density at radius 1 is 1.00 bits per heavy atom. The highest BCUT2D eigenvalue weighted by Gasteiger charge is 2.28. The van der Waals surface area contributed by atoms with E-state index < -0.39 is 66.8 Å². The molecule has 0 rings (SSSR count). The van der Waals surface area contributed by atoms with Crippen LogP contribution in [0.3, 0.4) is 0 Å². The fourth-order valence-electron chi connectivity index (χ4n) is 1.64. The van der Waals surface area contributed by atoms with Crippen molar-refractivity contribution < 1.29 is 34.2 Å². The molecule has 9 N–H and O–H groups in total. The Kier molecular flexibility index (Phi) is 10.2. The lowest BCUT2D eigenvalue weighted by Gasteiger charge is -2.22. The molecule has 12 nitrogen and oxygen atoms in total. The summed E-state index contributed by atoms with van der Waals surface area (Å²) in [6.07, 6.45) is -0.415. The zero-order valence-corrected chi connectivity index (χ0v) is 14.9. The molecule has 0 spiro atoms. The van der Waals surface area contributed by atoms with Crippen molar-refractivity contribution in [2.24, 2.45) is 11.5 Å². The highest BCUT2D eigenvalue weighted by Crippen LogP contribution is 1.94. The fraction of sp³-hybridized carbons (Fsp3) is 0.615. The zero-order valence-electron chi connectivity index (χ0n) is 14.0. The van der Waals surface area contributed by atoms with E-state index in [0.717, 1.165) is 0 Å². The van der Waals surface area contributed by atoms with Crippen molar-refractivity contribution >= 4 is 42.2 Å². The standard InChI is InChI=1S/C13H23N5O7S/c1-5(16-11(22)6(14)2-9(15)20)10(21)17-7(3-19)12(23)18-8(4-26)13(24)25/h5-8,19,26H,2-4,14H2,1H3,(H2,15,20)(H,16,22)(H,17,21)(H,18,23)(H,24,25). The molecule has 148 valence electrons. The molecule has 0 bridgehead atoms. The van der Waals surface area contributed by atoms with Gasteiger partial charge in [0.15, 0.2) is 0 Å². The Balaban J connectivity index is 4.73. The summed E-state index contributed by atoms with van der Waals surface area (Å²) in [7, 11) is 0. The van der Waals surface area contributed by atoms with Crippen LogP contribution in [0.5, 0.6) is 0 Å². The van der Waals surface area contributed by atoms with E-state index in [1.807, 2.05) is 0 Å². The number of amides is 4. The number of carbonyl (C=O) groups is 5. The van der Waals surface area contributed by atoms with E-state index in [4.69, 9.17) is 16.6 Å². The number of nitrogens with two attached hydrogens (primary N) is 2. The molecule has 0 radical (unpaired) electrons. The SMILES string of the molecule is CC(NC(=O)C(N)CC(N)=O)C(=O)NC(CO)C(=O)NC(CS)C(=O)O. The van der Waals surface area contributed by atoms with Crippen LogP contribution >= 0.6 is 12.6 Å². The van der Waals surface area contributed by atoms with Crippen LogP contribution < -0.4 is 27.4 Å². The lowest BCUT2D eigenvalue weighted by Crippen LogP contribution is -2.57. The number of nitrogens with one attached hydrogen (secondary N) is 3. The van der Waals surface area contributed by atoms with Gasteiger partial charge in [0.2, 0.25) is 23.6 Å². The van der Waals surface area contributed by atoms with Gasteiger partial charge in [-0.25, -0.2) is 4.79 Å². The fourth-order valence-corrected chi connectivity index (χ4v) is 1.89. The molecule has 0 saturated heterocycles. The van der Waals surface area contributed by atoms with Crippen LogP contribution in [0.25, 0.3) is 0 Å². The summed E-state index contributed by atoms with van der Waals surface area (Å²) < 4.78 is 0. The van der Waals surface area contributed by atoms with Crippen molar-refractivity contribution in [3.05, 3.63) is 0 Å². The average Bonchev–Trinajstić information content (AvgIpc) is 2.55. The van der Waals surface area contributed by atoms with Gasteiger partial charge in [0.25, 0.3) is 0 Å². The minimum atomic E-state index is -1.44. The predicted octanol–water partition coefficient (Wildman–Crippen LogP) is -4.33. The van der Waals surface area contributed by atoms with E-state index in [1.165, 1.54) is 6.92 Å². The number of carboxylic acids is 1. The summed E-state index contributed by atoms with van der Waals surface area (Å²) in [5, 5.41) is 24.5. The van der Waals surface area contributed by atoms with Gasteiger partial charge in [-0.05, 0) is 6.92 Å². The Morgan fingerprint density at radius 2 is 1.54 bits per heavy atom. The molecule has 0 aliphatic rings. The highest BCUT2D eigenvalue weighted by molar-refractivity contribution is 7.80. The lowest BCUT2D eigenvalue weighted by atomic mass is 10.1. The van der Waals surface area contributed by atoms with Crippen LogP contribution in [-0.4, -0.2) is 76.3 Å². The number of hydrogen-bond acceptors (Lipinski definition) is 8. The molecule has 0 aromatic carbocycles. The van der Waals surface area contributed by atoms with Crippen molar-refractivity contribution in [2.75, 3.05) is 12.4 Å². The quantitative estimate of drug-likeness (QED) is 0.160. The molecule has 0 aliphatic carbocycles. The van der Waals surface area contributed by atoms with Crippen LogP contribution in [0.1, 0.15) is 13.3 Å². The summed E-state index contributed by atoms with van der Waals surface area (Å²) in [6.45, 7) is 0.475. The van der Waals surface area contributed by atoms with Crippen LogP contribution in [0, 0.1) is 0 Å². The van der Waals surface area contributed by atoms with Crippen LogP contribution in [0.2, 0.25) is 0 Å². The molecule has 4 amide bonds. The van der Waals surface area contributed by atoms with Gasteiger partial charge in [-0.1, -0.05) is 0 Å². The molecule has 0 aliphatic heterocycles. The number of hydrogen-bond donors (Lipinski definition) is 8. The van der Waals surface area contributed by atoms with E-state index in [9.17, 15) is 29.1 Å². The first-order valence-corrected chi connectivity index (χ1v) is 8.06. The maximum Gasteiger partial charge on any atom is 0.327 e. The maximum absolute atomic E-state index is 12.0. The summed E-state index contributed by atoms with van der Waals surface area (Å²) >= 11 is 3.77. The second-order valence-electron chi connectivity index (χ2n) is 5.33. The summed E-state index contributed by atoms with van der Waals surface area (Å²) in [6, 6.07) is -5.14. The van der Waals surface area contributed by atoms with Crippen molar-refractivity contribution in [3.8, 4) is 0 Å². The van der Waals surface area contributed by atoms with E-state index >= 15 is 0 Å². The average molecular weight is 393 g/mol. The minimum absolute atomic E-state index is 0.197. The van der Waals surface area contributed by atoms with Gasteiger partial charge >= 0.3 is 5.97 Å². The minimum Gasteiger partial charge on any atom is -0.480 e. The Morgan fingerprint density at radius 3 is 1.96 bits per heavy atom. The molecule has 26 heavy (non-hydrogen) atoms. The van der Waals surface area contributed by atoms with Gasteiger partial charge < -0.3 is 37.6 Å². The molecule has 0 aromatic heterocycles. The van der Waals surface area contributed by atoms with E-state index in [0.29, 0.717) is 0 Å². The molecule has 0 heterocycles. The van der Waals surface area contributed by atoms with E-state index in [-0.39, 0.29) is 5.75 Å².